The first kappa shape index (κ1) is 8.07. The molecule has 4 heteroatoms. The molecule has 0 aliphatic heterocycles. The highest BCUT2D eigenvalue weighted by molar-refractivity contribution is 4.92. The van der Waals surface area contributed by atoms with E-state index in [2.05, 4.69) is 15.2 Å². The first-order valence-corrected chi connectivity index (χ1v) is 3.68. The summed E-state index contributed by atoms with van der Waals surface area (Å²) >= 11 is 0. The highest BCUT2D eigenvalue weighted by Gasteiger charge is 1.95. The van der Waals surface area contributed by atoms with Crippen molar-refractivity contribution in [2.45, 2.75) is 19.8 Å². The van der Waals surface area contributed by atoms with Gasteiger partial charge < -0.3 is 5.73 Å². The third-order valence-electron chi connectivity index (χ3n) is 1.33. The lowest BCUT2D eigenvalue weighted by Gasteiger charge is -1.96. The van der Waals surface area contributed by atoms with Gasteiger partial charge in [-0.05, 0) is 19.9 Å². The molecule has 1 rings (SSSR count). The van der Waals surface area contributed by atoms with Gasteiger partial charge in [0.05, 0.1) is 11.9 Å². The normalized spacial score (nSPS) is 10.0. The maximum absolute atomic E-state index is 5.34. The van der Waals surface area contributed by atoms with Gasteiger partial charge in [-0.3, -0.25) is 0 Å². The topological polar surface area (TPSA) is 64.7 Å². The van der Waals surface area contributed by atoms with Crippen molar-refractivity contribution in [3.63, 3.8) is 0 Å². The fourth-order valence-corrected chi connectivity index (χ4v) is 0.800. The standard InChI is InChI=1S/C7H12N4/c1-6-5-9-11-7(10-6)3-2-4-8/h5H,2-4,8H2,1H3. The molecule has 1 aromatic heterocycles. The molecule has 0 aromatic carbocycles. The average Bonchev–Trinajstić information content (AvgIpc) is 2.01. The van der Waals surface area contributed by atoms with Gasteiger partial charge in [0.15, 0.2) is 5.82 Å². The van der Waals surface area contributed by atoms with Crippen molar-refractivity contribution >= 4 is 0 Å². The van der Waals surface area contributed by atoms with Crippen LogP contribution < -0.4 is 5.73 Å². The van der Waals surface area contributed by atoms with Gasteiger partial charge in [0.2, 0.25) is 0 Å². The molecule has 4 nitrogen and oxygen atoms in total. The summed E-state index contributed by atoms with van der Waals surface area (Å²) in [6.07, 6.45) is 3.39. The Bertz CT molecular complexity index is 223. The van der Waals surface area contributed by atoms with Crippen LogP contribution in [0.3, 0.4) is 0 Å². The van der Waals surface area contributed by atoms with Gasteiger partial charge in [-0.25, -0.2) is 4.98 Å². The van der Waals surface area contributed by atoms with Crippen molar-refractivity contribution in [2.75, 3.05) is 6.54 Å². The summed E-state index contributed by atoms with van der Waals surface area (Å²) in [4.78, 5) is 4.18. The molecule has 0 saturated carbocycles. The Morgan fingerprint density at radius 1 is 1.55 bits per heavy atom. The number of hydrogen-bond acceptors (Lipinski definition) is 4. The van der Waals surface area contributed by atoms with Crippen molar-refractivity contribution in [3.05, 3.63) is 17.7 Å². The summed E-state index contributed by atoms with van der Waals surface area (Å²) in [7, 11) is 0. The number of nitrogens with zero attached hydrogens (tertiary/aromatic N) is 3. The minimum absolute atomic E-state index is 0.678. The van der Waals surface area contributed by atoms with Crippen LogP contribution in [-0.2, 0) is 6.42 Å². The SMILES string of the molecule is Cc1cnnc(CCCN)n1. The molecule has 1 heterocycles. The molecule has 0 spiro atoms. The molecule has 0 saturated heterocycles. The van der Waals surface area contributed by atoms with Crippen LogP contribution in [-0.4, -0.2) is 21.7 Å². The van der Waals surface area contributed by atoms with Crippen molar-refractivity contribution < 1.29 is 0 Å². The first-order chi connectivity index (χ1) is 5.33. The quantitative estimate of drug-likeness (QED) is 0.665. The summed E-state index contributed by atoms with van der Waals surface area (Å²) in [5, 5.41) is 7.64. The summed E-state index contributed by atoms with van der Waals surface area (Å²) in [6, 6.07) is 0. The van der Waals surface area contributed by atoms with Crippen molar-refractivity contribution in [1.29, 1.82) is 0 Å². The lowest BCUT2D eigenvalue weighted by molar-refractivity contribution is 0.743. The Kier molecular flexibility index (Phi) is 2.92. The molecule has 2 N–H and O–H groups in total. The summed E-state index contributed by atoms with van der Waals surface area (Å²) in [5.41, 5.74) is 6.25. The van der Waals surface area contributed by atoms with E-state index in [0.29, 0.717) is 6.54 Å². The molecule has 0 unspecified atom stereocenters. The fourth-order valence-electron chi connectivity index (χ4n) is 0.800. The molecule has 0 radical (unpaired) electrons. The van der Waals surface area contributed by atoms with Gasteiger partial charge in [0, 0.05) is 6.42 Å². The second kappa shape index (κ2) is 3.98. The highest BCUT2D eigenvalue weighted by atomic mass is 15.1. The number of rotatable bonds is 3. The zero-order valence-electron chi connectivity index (χ0n) is 6.62. The van der Waals surface area contributed by atoms with Crippen LogP contribution in [0.4, 0.5) is 0 Å². The molecule has 0 fully saturated rings. The van der Waals surface area contributed by atoms with Crippen molar-refractivity contribution in [3.8, 4) is 0 Å². The number of hydrogen-bond donors (Lipinski definition) is 1. The van der Waals surface area contributed by atoms with E-state index in [1.165, 1.54) is 0 Å². The van der Waals surface area contributed by atoms with Crippen molar-refractivity contribution in [2.24, 2.45) is 5.73 Å². The first-order valence-electron chi connectivity index (χ1n) is 3.68. The van der Waals surface area contributed by atoms with E-state index >= 15 is 0 Å². The Morgan fingerprint density at radius 3 is 3.00 bits per heavy atom. The Balaban J connectivity index is 2.56. The zero-order chi connectivity index (χ0) is 8.10. The van der Waals surface area contributed by atoms with Crippen LogP contribution in [0.15, 0.2) is 6.20 Å². The molecule has 1 aromatic rings. The minimum Gasteiger partial charge on any atom is -0.330 e. The van der Waals surface area contributed by atoms with E-state index in [0.717, 1.165) is 24.4 Å². The van der Waals surface area contributed by atoms with Gasteiger partial charge in [0.25, 0.3) is 0 Å². The molecule has 0 atom stereocenters. The lowest BCUT2D eigenvalue weighted by Crippen LogP contribution is -2.04. The van der Waals surface area contributed by atoms with Gasteiger partial charge in [0.1, 0.15) is 0 Å². The van der Waals surface area contributed by atoms with Gasteiger partial charge in [-0.1, -0.05) is 0 Å². The predicted octanol–water partition coefficient (Wildman–Crippen LogP) is 0.0713. The van der Waals surface area contributed by atoms with Gasteiger partial charge in [-0.15, -0.1) is 5.10 Å². The number of aromatic nitrogens is 3. The molecule has 0 aliphatic rings. The van der Waals surface area contributed by atoms with Crippen LogP contribution in [0.5, 0.6) is 0 Å². The van der Waals surface area contributed by atoms with Gasteiger partial charge >= 0.3 is 0 Å². The van der Waals surface area contributed by atoms with E-state index in [1.54, 1.807) is 6.20 Å². The molecule has 60 valence electrons. The van der Waals surface area contributed by atoms with E-state index < -0.39 is 0 Å². The molecular weight excluding hydrogens is 140 g/mol. The minimum atomic E-state index is 0.678. The van der Waals surface area contributed by atoms with E-state index in [1.807, 2.05) is 6.92 Å². The predicted molar refractivity (Wildman–Crippen MR) is 41.9 cm³/mol. The van der Waals surface area contributed by atoms with E-state index in [-0.39, 0.29) is 0 Å². The van der Waals surface area contributed by atoms with Crippen LogP contribution in [0.25, 0.3) is 0 Å². The Hall–Kier alpha value is -1.03. The summed E-state index contributed by atoms with van der Waals surface area (Å²) in [5.74, 6) is 0.787. The number of nitrogens with two attached hydrogens (primary N) is 1. The molecule has 11 heavy (non-hydrogen) atoms. The lowest BCUT2D eigenvalue weighted by atomic mass is 10.3. The van der Waals surface area contributed by atoms with Crippen LogP contribution >= 0.6 is 0 Å². The average molecular weight is 152 g/mol. The Labute approximate surface area is 65.9 Å². The smallest absolute Gasteiger partial charge is 0.151 e. The zero-order valence-corrected chi connectivity index (χ0v) is 6.62. The second-order valence-electron chi connectivity index (χ2n) is 2.41. The highest BCUT2D eigenvalue weighted by Crippen LogP contribution is 1.93. The van der Waals surface area contributed by atoms with Gasteiger partial charge in [-0.2, -0.15) is 5.10 Å². The summed E-state index contributed by atoms with van der Waals surface area (Å²) < 4.78 is 0. The van der Waals surface area contributed by atoms with Crippen LogP contribution in [0.2, 0.25) is 0 Å². The number of aryl methyl sites for hydroxylation is 2. The third-order valence-corrected chi connectivity index (χ3v) is 1.33. The van der Waals surface area contributed by atoms with Crippen molar-refractivity contribution in [1.82, 2.24) is 15.2 Å². The molecule has 0 bridgehead atoms. The Morgan fingerprint density at radius 2 is 2.36 bits per heavy atom. The fraction of sp³-hybridized carbons (Fsp3) is 0.571. The molecule has 0 amide bonds. The van der Waals surface area contributed by atoms with E-state index in [4.69, 9.17) is 5.73 Å². The largest absolute Gasteiger partial charge is 0.330 e. The second-order valence-corrected chi connectivity index (χ2v) is 2.41. The molecular formula is C7H12N4. The molecule has 0 aliphatic carbocycles. The third kappa shape index (κ3) is 2.59. The maximum atomic E-state index is 5.34. The maximum Gasteiger partial charge on any atom is 0.151 e. The van der Waals surface area contributed by atoms with Crippen LogP contribution in [0, 0.1) is 6.92 Å². The monoisotopic (exact) mass is 152 g/mol. The summed E-state index contributed by atoms with van der Waals surface area (Å²) in [6.45, 7) is 2.58. The van der Waals surface area contributed by atoms with Crippen LogP contribution in [0.1, 0.15) is 17.9 Å². The van der Waals surface area contributed by atoms with E-state index in [9.17, 15) is 0 Å².